The first kappa shape index (κ1) is 26.5. The van der Waals surface area contributed by atoms with Gasteiger partial charge in [0.25, 0.3) is 5.91 Å². The van der Waals surface area contributed by atoms with Crippen molar-refractivity contribution in [3.8, 4) is 0 Å². The lowest BCUT2D eigenvalue weighted by Crippen LogP contribution is -2.46. The Balaban J connectivity index is 1.22. The fourth-order valence-corrected chi connectivity index (χ4v) is 6.05. The lowest BCUT2D eigenvalue weighted by atomic mass is 9.97. The highest BCUT2D eigenvalue weighted by atomic mass is 32.2. The number of rotatable bonds is 7. The predicted molar refractivity (Wildman–Crippen MR) is 142 cm³/mol. The first-order valence-electron chi connectivity index (χ1n) is 12.6. The Bertz CT molecular complexity index is 1040. The number of ether oxygens (including phenoxy) is 1. The maximum atomic E-state index is 12.8. The molecule has 36 heavy (non-hydrogen) atoms. The molecule has 0 unspecified atom stereocenters. The zero-order chi connectivity index (χ0) is 25.5. The standard InChI is InChI=1S/C26H34N4O4S2/c1-3-34-26(33)30-14-10-20(11-15-30)27-24(32)22-17-36-25(28-22)19-8-12-29(13-9-19)23(31)16-18-4-6-21(35-2)7-5-18/h4-7,17,19-20H,3,8-16H2,1-2H3,(H,27,32). The molecule has 1 aromatic heterocycles. The van der Waals surface area contributed by atoms with Crippen molar-refractivity contribution >= 4 is 41.0 Å². The Morgan fingerprint density at radius 2 is 1.72 bits per heavy atom. The number of aromatic nitrogens is 1. The van der Waals surface area contributed by atoms with Crippen molar-refractivity contribution < 1.29 is 19.1 Å². The van der Waals surface area contributed by atoms with Crippen LogP contribution in [-0.2, 0) is 16.0 Å². The van der Waals surface area contributed by atoms with Crippen LogP contribution in [0.4, 0.5) is 4.79 Å². The van der Waals surface area contributed by atoms with E-state index >= 15 is 0 Å². The zero-order valence-corrected chi connectivity index (χ0v) is 22.5. The van der Waals surface area contributed by atoms with Gasteiger partial charge in [0.1, 0.15) is 5.69 Å². The number of carbonyl (C=O) groups excluding carboxylic acids is 3. The fourth-order valence-electron chi connectivity index (χ4n) is 4.67. The molecule has 1 N–H and O–H groups in total. The smallest absolute Gasteiger partial charge is 0.409 e. The minimum absolute atomic E-state index is 0.0273. The van der Waals surface area contributed by atoms with Crippen molar-refractivity contribution in [3.05, 3.63) is 45.9 Å². The number of amides is 3. The summed E-state index contributed by atoms with van der Waals surface area (Å²) in [5.41, 5.74) is 1.50. The summed E-state index contributed by atoms with van der Waals surface area (Å²) in [5, 5.41) is 5.86. The van der Waals surface area contributed by atoms with Gasteiger partial charge in [-0.25, -0.2) is 9.78 Å². The maximum Gasteiger partial charge on any atom is 0.409 e. The van der Waals surface area contributed by atoms with Crippen molar-refractivity contribution in [1.82, 2.24) is 20.1 Å². The lowest BCUT2D eigenvalue weighted by Gasteiger charge is -2.31. The van der Waals surface area contributed by atoms with Gasteiger partial charge >= 0.3 is 6.09 Å². The number of hydrogen-bond donors (Lipinski definition) is 1. The van der Waals surface area contributed by atoms with Crippen LogP contribution in [0.1, 0.15) is 59.6 Å². The van der Waals surface area contributed by atoms with Crippen LogP contribution in [0.5, 0.6) is 0 Å². The van der Waals surface area contributed by atoms with Crippen molar-refractivity contribution in [3.63, 3.8) is 0 Å². The number of hydrogen-bond acceptors (Lipinski definition) is 7. The number of nitrogens with one attached hydrogen (secondary N) is 1. The minimum Gasteiger partial charge on any atom is -0.450 e. The summed E-state index contributed by atoms with van der Waals surface area (Å²) in [6.45, 7) is 4.74. The highest BCUT2D eigenvalue weighted by Crippen LogP contribution is 2.31. The van der Waals surface area contributed by atoms with Gasteiger partial charge in [-0.15, -0.1) is 23.1 Å². The van der Waals surface area contributed by atoms with Gasteiger partial charge in [0.15, 0.2) is 0 Å². The number of benzene rings is 1. The van der Waals surface area contributed by atoms with E-state index in [-0.39, 0.29) is 29.9 Å². The van der Waals surface area contributed by atoms with Crippen LogP contribution in [0.2, 0.25) is 0 Å². The fraction of sp³-hybridized carbons (Fsp3) is 0.538. The summed E-state index contributed by atoms with van der Waals surface area (Å²) in [7, 11) is 0. The van der Waals surface area contributed by atoms with E-state index in [2.05, 4.69) is 22.4 Å². The van der Waals surface area contributed by atoms with Crippen LogP contribution in [0.15, 0.2) is 34.5 Å². The summed E-state index contributed by atoms with van der Waals surface area (Å²) in [6.07, 6.45) is 5.31. The first-order valence-corrected chi connectivity index (χ1v) is 14.7. The molecular weight excluding hydrogens is 496 g/mol. The summed E-state index contributed by atoms with van der Waals surface area (Å²) >= 11 is 3.22. The molecule has 10 heteroatoms. The molecule has 2 aromatic rings. The Hall–Kier alpha value is -2.59. The number of thioether (sulfide) groups is 1. The third-order valence-electron chi connectivity index (χ3n) is 6.82. The van der Waals surface area contributed by atoms with Crippen molar-refractivity contribution in [1.29, 1.82) is 0 Å². The Morgan fingerprint density at radius 1 is 1.06 bits per heavy atom. The third-order valence-corrected chi connectivity index (χ3v) is 8.57. The van der Waals surface area contributed by atoms with Gasteiger partial charge in [-0.3, -0.25) is 9.59 Å². The van der Waals surface area contributed by atoms with Gasteiger partial charge in [0.2, 0.25) is 5.91 Å². The van der Waals surface area contributed by atoms with Crippen LogP contribution < -0.4 is 5.32 Å². The predicted octanol–water partition coefficient (Wildman–Crippen LogP) is 4.16. The van der Waals surface area contributed by atoms with Crippen LogP contribution in [0, 0.1) is 0 Å². The third kappa shape index (κ3) is 6.79. The maximum absolute atomic E-state index is 12.8. The van der Waals surface area contributed by atoms with Gasteiger partial charge in [0.05, 0.1) is 18.0 Å². The molecule has 0 radical (unpaired) electrons. The van der Waals surface area contributed by atoms with Gasteiger partial charge in [0, 0.05) is 48.4 Å². The zero-order valence-electron chi connectivity index (χ0n) is 20.9. The monoisotopic (exact) mass is 530 g/mol. The largest absolute Gasteiger partial charge is 0.450 e. The molecule has 0 bridgehead atoms. The summed E-state index contributed by atoms with van der Waals surface area (Å²) < 4.78 is 5.05. The molecule has 0 aliphatic carbocycles. The average molecular weight is 531 g/mol. The minimum atomic E-state index is -0.288. The van der Waals surface area contributed by atoms with E-state index in [0.717, 1.165) is 23.4 Å². The Morgan fingerprint density at radius 3 is 2.36 bits per heavy atom. The van der Waals surface area contributed by atoms with Crippen LogP contribution in [0.3, 0.4) is 0 Å². The molecule has 0 spiro atoms. The molecule has 3 amide bonds. The molecule has 2 aliphatic rings. The Labute approximate surface area is 220 Å². The van der Waals surface area contributed by atoms with Gasteiger partial charge in [-0.2, -0.15) is 0 Å². The van der Waals surface area contributed by atoms with Gasteiger partial charge in [-0.05, 0) is 56.6 Å². The molecule has 1 aromatic carbocycles. The van der Waals surface area contributed by atoms with E-state index in [0.29, 0.717) is 57.7 Å². The van der Waals surface area contributed by atoms with Crippen molar-refractivity contribution in [2.24, 2.45) is 0 Å². The second-order valence-corrected chi connectivity index (χ2v) is 11.0. The normalized spacial score (nSPS) is 17.2. The quantitative estimate of drug-likeness (QED) is 0.541. The van der Waals surface area contributed by atoms with Crippen molar-refractivity contribution in [2.45, 2.75) is 55.9 Å². The number of nitrogens with zero attached hydrogens (tertiary/aromatic N) is 3. The molecule has 2 saturated heterocycles. The van der Waals surface area contributed by atoms with Gasteiger partial charge < -0.3 is 19.9 Å². The molecule has 8 nitrogen and oxygen atoms in total. The molecule has 0 saturated carbocycles. The number of carbonyl (C=O) groups is 3. The topological polar surface area (TPSA) is 91.8 Å². The number of thiazole rings is 1. The molecule has 4 rings (SSSR count). The summed E-state index contributed by atoms with van der Waals surface area (Å²) in [4.78, 5) is 46.8. The molecule has 2 aliphatic heterocycles. The van der Waals surface area contributed by atoms with E-state index in [1.54, 1.807) is 23.6 Å². The van der Waals surface area contributed by atoms with E-state index in [1.807, 2.05) is 28.7 Å². The van der Waals surface area contributed by atoms with E-state index in [9.17, 15) is 14.4 Å². The number of likely N-dealkylation sites (tertiary alicyclic amines) is 2. The van der Waals surface area contributed by atoms with E-state index in [4.69, 9.17) is 4.74 Å². The summed E-state index contributed by atoms with van der Waals surface area (Å²) in [6, 6.07) is 8.20. The lowest BCUT2D eigenvalue weighted by molar-refractivity contribution is -0.131. The number of piperidine rings is 2. The second kappa shape index (κ2) is 12.6. The summed E-state index contributed by atoms with van der Waals surface area (Å²) in [5.74, 6) is 0.278. The molecule has 0 atom stereocenters. The van der Waals surface area contributed by atoms with Crippen LogP contribution in [0.25, 0.3) is 0 Å². The van der Waals surface area contributed by atoms with Crippen molar-refractivity contribution in [2.75, 3.05) is 39.0 Å². The second-order valence-electron chi connectivity index (χ2n) is 9.18. The molecule has 2 fully saturated rings. The molecule has 194 valence electrons. The first-order chi connectivity index (χ1) is 17.5. The van der Waals surface area contributed by atoms with Crippen LogP contribution >= 0.6 is 23.1 Å². The molecular formula is C26H34N4O4S2. The average Bonchev–Trinajstić information content (AvgIpc) is 3.40. The SMILES string of the molecule is CCOC(=O)N1CCC(NC(=O)c2csc(C3CCN(C(=O)Cc4ccc(SC)cc4)CC3)n2)CC1. The Kier molecular flexibility index (Phi) is 9.25. The van der Waals surface area contributed by atoms with E-state index < -0.39 is 0 Å². The van der Waals surface area contributed by atoms with E-state index in [1.165, 1.54) is 16.2 Å². The van der Waals surface area contributed by atoms with Crippen LogP contribution in [-0.4, -0.2) is 77.8 Å². The molecule has 3 heterocycles. The highest BCUT2D eigenvalue weighted by Gasteiger charge is 2.28. The highest BCUT2D eigenvalue weighted by molar-refractivity contribution is 7.98. The van der Waals surface area contributed by atoms with Gasteiger partial charge in [-0.1, -0.05) is 12.1 Å².